The van der Waals surface area contributed by atoms with E-state index in [1.807, 2.05) is 0 Å². The molecule has 1 fully saturated rings. The Morgan fingerprint density at radius 3 is 3.20 bits per heavy atom. The van der Waals surface area contributed by atoms with Crippen LogP contribution in [0.3, 0.4) is 0 Å². The first kappa shape index (κ1) is 10.6. The lowest BCUT2D eigenvalue weighted by molar-refractivity contribution is 0.185. The fraction of sp³-hybridized carbons (Fsp3) is 0.600. The van der Waals surface area contributed by atoms with E-state index in [0.717, 1.165) is 32.0 Å². The van der Waals surface area contributed by atoms with E-state index in [-0.39, 0.29) is 0 Å². The summed E-state index contributed by atoms with van der Waals surface area (Å²) >= 11 is 5.74. The van der Waals surface area contributed by atoms with Gasteiger partial charge in [-0.2, -0.15) is 0 Å². The number of hydrogen-bond donors (Lipinski definition) is 1. The molecule has 1 atom stereocenters. The average molecular weight is 228 g/mol. The number of anilines is 1. The summed E-state index contributed by atoms with van der Waals surface area (Å²) in [5.41, 5.74) is 0. The van der Waals surface area contributed by atoms with Crippen LogP contribution >= 0.6 is 11.6 Å². The predicted octanol–water partition coefficient (Wildman–Crippen LogP) is 1.97. The number of rotatable bonds is 4. The summed E-state index contributed by atoms with van der Waals surface area (Å²) in [6.45, 7) is 2.71. The van der Waals surface area contributed by atoms with Gasteiger partial charge in [-0.25, -0.2) is 9.97 Å². The molecule has 2 rings (SSSR count). The number of halogens is 1. The van der Waals surface area contributed by atoms with Crippen molar-refractivity contribution in [2.45, 2.75) is 12.8 Å². The topological polar surface area (TPSA) is 47.0 Å². The Kier molecular flexibility index (Phi) is 3.75. The summed E-state index contributed by atoms with van der Waals surface area (Å²) in [5.74, 6) is 1.48. The van der Waals surface area contributed by atoms with E-state index >= 15 is 0 Å². The van der Waals surface area contributed by atoms with Gasteiger partial charge >= 0.3 is 0 Å². The standard InChI is InChI=1S/C10H14ClN3O/c11-9-5-10(14-7-13-9)12-3-1-8-2-4-15-6-8/h5,7-8H,1-4,6H2,(H,12,13,14). The minimum atomic E-state index is 0.469. The molecule has 5 heteroatoms. The molecule has 0 saturated carbocycles. The Bertz CT molecular complexity index is 315. The van der Waals surface area contributed by atoms with Crippen molar-refractivity contribution in [2.75, 3.05) is 25.1 Å². The summed E-state index contributed by atoms with van der Waals surface area (Å²) in [4.78, 5) is 7.89. The third kappa shape index (κ3) is 3.32. The van der Waals surface area contributed by atoms with Gasteiger partial charge in [-0.3, -0.25) is 0 Å². The summed E-state index contributed by atoms with van der Waals surface area (Å²) in [6.07, 6.45) is 3.75. The van der Waals surface area contributed by atoms with Crippen molar-refractivity contribution in [3.8, 4) is 0 Å². The number of hydrogen-bond acceptors (Lipinski definition) is 4. The van der Waals surface area contributed by atoms with Gasteiger partial charge in [-0.15, -0.1) is 0 Å². The van der Waals surface area contributed by atoms with Crippen molar-refractivity contribution in [3.05, 3.63) is 17.5 Å². The molecule has 1 aromatic heterocycles. The van der Waals surface area contributed by atoms with Crippen LogP contribution in [0, 0.1) is 5.92 Å². The zero-order valence-corrected chi connectivity index (χ0v) is 9.20. The SMILES string of the molecule is Clc1cc(NCCC2CCOC2)ncn1. The second-order valence-electron chi connectivity index (χ2n) is 3.67. The van der Waals surface area contributed by atoms with Gasteiger partial charge in [0, 0.05) is 25.8 Å². The maximum atomic E-state index is 5.74. The average Bonchev–Trinajstić information content (AvgIpc) is 2.71. The second-order valence-corrected chi connectivity index (χ2v) is 4.06. The normalized spacial score (nSPS) is 20.5. The van der Waals surface area contributed by atoms with Crippen molar-refractivity contribution in [1.82, 2.24) is 9.97 Å². The minimum absolute atomic E-state index is 0.469. The van der Waals surface area contributed by atoms with Crippen LogP contribution in [0.1, 0.15) is 12.8 Å². The fourth-order valence-corrected chi connectivity index (χ4v) is 1.79. The van der Waals surface area contributed by atoms with Crippen LogP contribution in [0.5, 0.6) is 0 Å². The van der Waals surface area contributed by atoms with Gasteiger partial charge in [0.1, 0.15) is 17.3 Å². The molecule has 4 nitrogen and oxygen atoms in total. The molecule has 1 N–H and O–H groups in total. The van der Waals surface area contributed by atoms with Crippen molar-refractivity contribution in [1.29, 1.82) is 0 Å². The monoisotopic (exact) mass is 227 g/mol. The lowest BCUT2D eigenvalue weighted by atomic mass is 10.1. The maximum absolute atomic E-state index is 5.74. The van der Waals surface area contributed by atoms with Crippen molar-refractivity contribution < 1.29 is 4.74 Å². The molecule has 0 aromatic carbocycles. The highest BCUT2D eigenvalue weighted by molar-refractivity contribution is 6.29. The van der Waals surface area contributed by atoms with Crippen molar-refractivity contribution >= 4 is 17.4 Å². The lowest BCUT2D eigenvalue weighted by Crippen LogP contribution is -2.09. The molecule has 15 heavy (non-hydrogen) atoms. The summed E-state index contributed by atoms with van der Waals surface area (Å²) in [6, 6.07) is 1.73. The molecule has 1 unspecified atom stereocenters. The van der Waals surface area contributed by atoms with Gasteiger partial charge in [-0.05, 0) is 18.8 Å². The third-order valence-corrected chi connectivity index (χ3v) is 2.72. The van der Waals surface area contributed by atoms with E-state index in [1.54, 1.807) is 6.07 Å². The summed E-state index contributed by atoms with van der Waals surface area (Å²) < 4.78 is 5.30. The van der Waals surface area contributed by atoms with E-state index in [0.29, 0.717) is 11.1 Å². The minimum Gasteiger partial charge on any atom is -0.381 e. The molecule has 82 valence electrons. The maximum Gasteiger partial charge on any atom is 0.134 e. The van der Waals surface area contributed by atoms with Crippen molar-refractivity contribution in [3.63, 3.8) is 0 Å². The van der Waals surface area contributed by atoms with Gasteiger partial charge in [0.05, 0.1) is 0 Å². The Hall–Kier alpha value is -0.870. The molecular formula is C10H14ClN3O. The van der Waals surface area contributed by atoms with Gasteiger partial charge in [0.2, 0.25) is 0 Å². The van der Waals surface area contributed by atoms with E-state index in [1.165, 1.54) is 12.7 Å². The predicted molar refractivity (Wildman–Crippen MR) is 59.1 cm³/mol. The summed E-state index contributed by atoms with van der Waals surface area (Å²) in [5, 5.41) is 3.69. The first-order chi connectivity index (χ1) is 7.34. The number of ether oxygens (including phenoxy) is 1. The second kappa shape index (κ2) is 5.28. The van der Waals surface area contributed by atoms with Crippen LogP contribution in [0.4, 0.5) is 5.82 Å². The summed E-state index contributed by atoms with van der Waals surface area (Å²) in [7, 11) is 0. The van der Waals surface area contributed by atoms with Crippen LogP contribution in [0.15, 0.2) is 12.4 Å². The zero-order valence-electron chi connectivity index (χ0n) is 8.45. The van der Waals surface area contributed by atoms with E-state index < -0.39 is 0 Å². The third-order valence-electron chi connectivity index (χ3n) is 2.52. The van der Waals surface area contributed by atoms with Crippen LogP contribution in [0.25, 0.3) is 0 Å². The van der Waals surface area contributed by atoms with Gasteiger partial charge in [0.15, 0.2) is 0 Å². The van der Waals surface area contributed by atoms with Crippen molar-refractivity contribution in [2.24, 2.45) is 5.92 Å². The van der Waals surface area contributed by atoms with Gasteiger partial charge < -0.3 is 10.1 Å². The Morgan fingerprint density at radius 1 is 1.53 bits per heavy atom. The highest BCUT2D eigenvalue weighted by Gasteiger charge is 2.14. The highest BCUT2D eigenvalue weighted by atomic mass is 35.5. The van der Waals surface area contributed by atoms with E-state index in [9.17, 15) is 0 Å². The van der Waals surface area contributed by atoms with Gasteiger partial charge in [-0.1, -0.05) is 11.6 Å². The Morgan fingerprint density at radius 2 is 2.47 bits per heavy atom. The fourth-order valence-electron chi connectivity index (χ4n) is 1.65. The smallest absolute Gasteiger partial charge is 0.134 e. The molecule has 2 heterocycles. The molecule has 1 aliphatic rings. The molecule has 0 amide bonds. The van der Waals surface area contributed by atoms with Crippen LogP contribution in [-0.2, 0) is 4.74 Å². The highest BCUT2D eigenvalue weighted by Crippen LogP contribution is 2.16. The molecule has 1 aromatic rings. The number of nitrogens with zero attached hydrogens (tertiary/aromatic N) is 2. The van der Waals surface area contributed by atoms with Crippen LogP contribution in [0.2, 0.25) is 5.15 Å². The lowest BCUT2D eigenvalue weighted by Gasteiger charge is -2.08. The molecule has 1 aliphatic heterocycles. The molecule has 0 aliphatic carbocycles. The molecular weight excluding hydrogens is 214 g/mol. The first-order valence-electron chi connectivity index (χ1n) is 5.14. The van der Waals surface area contributed by atoms with Crippen LogP contribution in [-0.4, -0.2) is 29.7 Å². The quantitative estimate of drug-likeness (QED) is 0.799. The van der Waals surface area contributed by atoms with Crippen LogP contribution < -0.4 is 5.32 Å². The number of nitrogens with one attached hydrogen (secondary N) is 1. The number of aromatic nitrogens is 2. The Balaban J connectivity index is 1.73. The molecule has 0 radical (unpaired) electrons. The zero-order chi connectivity index (χ0) is 10.5. The molecule has 0 bridgehead atoms. The molecule has 1 saturated heterocycles. The van der Waals surface area contributed by atoms with Gasteiger partial charge in [0.25, 0.3) is 0 Å². The molecule has 0 spiro atoms. The largest absolute Gasteiger partial charge is 0.381 e. The Labute approximate surface area is 94.0 Å². The van der Waals surface area contributed by atoms with E-state index in [4.69, 9.17) is 16.3 Å². The van der Waals surface area contributed by atoms with E-state index in [2.05, 4.69) is 15.3 Å². The first-order valence-corrected chi connectivity index (χ1v) is 5.51.